The van der Waals surface area contributed by atoms with E-state index in [4.69, 9.17) is 0 Å². The third-order valence-electron chi connectivity index (χ3n) is 4.90. The lowest BCUT2D eigenvalue weighted by atomic mass is 10.2. The molecule has 1 aliphatic rings. The number of rotatable bonds is 8. The molecular formula is C21H31N5S. The molecule has 6 heteroatoms. The largest absolute Gasteiger partial charge is 0.369 e. The van der Waals surface area contributed by atoms with Gasteiger partial charge in [0.2, 0.25) is 0 Å². The standard InChI is InChI=1S/C21H31N5S/c1-22-21(24-12-10-20-9-5-18-27-20)23-11-6-13-25-14-16-26(17-15-25)19-7-3-2-4-8-19/h2-5,7-9,18H,6,10-17H2,1H3,(H2,22,23,24). The van der Waals surface area contributed by atoms with Crippen LogP contribution in [0.5, 0.6) is 0 Å². The van der Waals surface area contributed by atoms with Crippen LogP contribution in [0.15, 0.2) is 52.8 Å². The van der Waals surface area contributed by atoms with Crippen LogP contribution in [-0.2, 0) is 6.42 Å². The van der Waals surface area contributed by atoms with Crippen molar-refractivity contribution in [2.75, 3.05) is 57.8 Å². The molecule has 27 heavy (non-hydrogen) atoms. The fraction of sp³-hybridized carbons (Fsp3) is 0.476. The van der Waals surface area contributed by atoms with Gasteiger partial charge in [-0.05, 0) is 43.0 Å². The van der Waals surface area contributed by atoms with Crippen molar-refractivity contribution in [2.45, 2.75) is 12.8 Å². The Kier molecular flexibility index (Phi) is 7.99. The van der Waals surface area contributed by atoms with E-state index in [1.807, 2.05) is 18.4 Å². The SMILES string of the molecule is CN=C(NCCCN1CCN(c2ccccc2)CC1)NCCc1cccs1. The van der Waals surface area contributed by atoms with E-state index in [2.05, 4.69) is 73.3 Å². The minimum atomic E-state index is 0.903. The normalized spacial score (nSPS) is 15.7. The number of benzene rings is 1. The van der Waals surface area contributed by atoms with Crippen molar-refractivity contribution in [3.8, 4) is 0 Å². The Morgan fingerprint density at radius 2 is 1.78 bits per heavy atom. The summed E-state index contributed by atoms with van der Waals surface area (Å²) < 4.78 is 0. The van der Waals surface area contributed by atoms with E-state index in [1.54, 1.807) is 0 Å². The average molecular weight is 386 g/mol. The first-order valence-corrected chi connectivity index (χ1v) is 10.7. The van der Waals surface area contributed by atoms with Gasteiger partial charge in [-0.25, -0.2) is 0 Å². The van der Waals surface area contributed by atoms with Gasteiger partial charge in [0.05, 0.1) is 0 Å². The van der Waals surface area contributed by atoms with Gasteiger partial charge in [-0.15, -0.1) is 11.3 Å². The molecule has 146 valence electrons. The molecule has 0 saturated carbocycles. The van der Waals surface area contributed by atoms with Crippen LogP contribution >= 0.6 is 11.3 Å². The van der Waals surface area contributed by atoms with E-state index in [0.29, 0.717) is 0 Å². The van der Waals surface area contributed by atoms with Crippen LogP contribution in [0.2, 0.25) is 0 Å². The molecule has 5 nitrogen and oxygen atoms in total. The molecule has 3 rings (SSSR count). The smallest absolute Gasteiger partial charge is 0.190 e. The van der Waals surface area contributed by atoms with E-state index in [-0.39, 0.29) is 0 Å². The molecule has 0 amide bonds. The van der Waals surface area contributed by atoms with Crippen LogP contribution in [0.1, 0.15) is 11.3 Å². The number of aliphatic imine (C=N–C) groups is 1. The van der Waals surface area contributed by atoms with Crippen molar-refractivity contribution in [3.63, 3.8) is 0 Å². The predicted molar refractivity (Wildman–Crippen MR) is 117 cm³/mol. The molecule has 1 aliphatic heterocycles. The van der Waals surface area contributed by atoms with E-state index in [1.165, 1.54) is 10.6 Å². The van der Waals surface area contributed by atoms with Gasteiger partial charge >= 0.3 is 0 Å². The number of thiophene rings is 1. The summed E-state index contributed by atoms with van der Waals surface area (Å²) in [5.41, 5.74) is 1.34. The van der Waals surface area contributed by atoms with Crippen LogP contribution < -0.4 is 15.5 Å². The highest BCUT2D eigenvalue weighted by Crippen LogP contribution is 2.15. The number of hydrogen-bond donors (Lipinski definition) is 2. The van der Waals surface area contributed by atoms with Crippen molar-refractivity contribution >= 4 is 23.0 Å². The lowest BCUT2D eigenvalue weighted by Gasteiger charge is -2.36. The molecule has 1 fully saturated rings. The monoisotopic (exact) mass is 385 g/mol. The minimum Gasteiger partial charge on any atom is -0.369 e. The number of nitrogens with one attached hydrogen (secondary N) is 2. The summed E-state index contributed by atoms with van der Waals surface area (Å²) in [5, 5.41) is 8.95. The summed E-state index contributed by atoms with van der Waals surface area (Å²) in [6.07, 6.45) is 2.18. The zero-order valence-electron chi connectivity index (χ0n) is 16.2. The lowest BCUT2D eigenvalue weighted by molar-refractivity contribution is 0.255. The Hall–Kier alpha value is -2.05. The summed E-state index contributed by atoms with van der Waals surface area (Å²) in [6, 6.07) is 15.0. The van der Waals surface area contributed by atoms with Gasteiger partial charge in [-0.1, -0.05) is 24.3 Å². The molecule has 1 saturated heterocycles. The second-order valence-corrected chi connectivity index (χ2v) is 7.81. The number of guanidine groups is 1. The van der Waals surface area contributed by atoms with Crippen molar-refractivity contribution in [1.82, 2.24) is 15.5 Å². The van der Waals surface area contributed by atoms with Gasteiger partial charge in [0, 0.05) is 56.9 Å². The summed E-state index contributed by atoms with van der Waals surface area (Å²) in [7, 11) is 1.84. The number of nitrogens with zero attached hydrogens (tertiary/aromatic N) is 3. The fourth-order valence-corrected chi connectivity index (χ4v) is 4.07. The fourth-order valence-electron chi connectivity index (χ4n) is 3.36. The highest BCUT2D eigenvalue weighted by molar-refractivity contribution is 7.09. The first-order valence-electron chi connectivity index (χ1n) is 9.84. The zero-order chi connectivity index (χ0) is 18.7. The second-order valence-electron chi connectivity index (χ2n) is 6.77. The van der Waals surface area contributed by atoms with E-state index >= 15 is 0 Å². The first kappa shape index (κ1) is 19.7. The van der Waals surface area contributed by atoms with Gasteiger partial charge < -0.3 is 15.5 Å². The maximum Gasteiger partial charge on any atom is 0.190 e. The Balaban J connectivity index is 1.26. The van der Waals surface area contributed by atoms with Gasteiger partial charge in [0.15, 0.2) is 5.96 Å². The highest BCUT2D eigenvalue weighted by atomic mass is 32.1. The Morgan fingerprint density at radius 3 is 2.48 bits per heavy atom. The number of hydrogen-bond acceptors (Lipinski definition) is 4. The number of piperazine rings is 1. The zero-order valence-corrected chi connectivity index (χ0v) is 17.0. The third kappa shape index (κ3) is 6.56. The molecule has 0 unspecified atom stereocenters. The van der Waals surface area contributed by atoms with E-state index in [9.17, 15) is 0 Å². The van der Waals surface area contributed by atoms with Crippen LogP contribution in [-0.4, -0.2) is 63.7 Å². The Morgan fingerprint density at radius 1 is 1.00 bits per heavy atom. The molecule has 2 aromatic rings. The van der Waals surface area contributed by atoms with Gasteiger partial charge in [0.1, 0.15) is 0 Å². The highest BCUT2D eigenvalue weighted by Gasteiger charge is 2.16. The van der Waals surface area contributed by atoms with Gasteiger partial charge in [-0.2, -0.15) is 0 Å². The summed E-state index contributed by atoms with van der Waals surface area (Å²) in [4.78, 5) is 10.8. The molecule has 0 aliphatic carbocycles. The van der Waals surface area contributed by atoms with Crippen molar-refractivity contribution < 1.29 is 0 Å². The Bertz CT molecular complexity index is 663. The Labute approximate surface area is 167 Å². The summed E-state index contributed by atoms with van der Waals surface area (Å²) in [6.45, 7) is 7.53. The maximum atomic E-state index is 4.31. The number of para-hydroxylation sites is 1. The van der Waals surface area contributed by atoms with Crippen LogP contribution in [0.25, 0.3) is 0 Å². The lowest BCUT2D eigenvalue weighted by Crippen LogP contribution is -2.47. The quantitative estimate of drug-likeness (QED) is 0.417. The van der Waals surface area contributed by atoms with Gasteiger partial charge in [0.25, 0.3) is 0 Å². The molecule has 0 bridgehead atoms. The van der Waals surface area contributed by atoms with Crippen molar-refractivity contribution in [1.29, 1.82) is 0 Å². The van der Waals surface area contributed by atoms with Crippen LogP contribution in [0.4, 0.5) is 5.69 Å². The van der Waals surface area contributed by atoms with E-state index < -0.39 is 0 Å². The van der Waals surface area contributed by atoms with E-state index in [0.717, 1.165) is 64.6 Å². The molecule has 2 N–H and O–H groups in total. The number of anilines is 1. The third-order valence-corrected chi connectivity index (χ3v) is 5.84. The summed E-state index contributed by atoms with van der Waals surface area (Å²) >= 11 is 1.81. The molecule has 1 aromatic heterocycles. The molecular weight excluding hydrogens is 354 g/mol. The average Bonchev–Trinajstić information content (AvgIpc) is 3.24. The van der Waals surface area contributed by atoms with Crippen LogP contribution in [0.3, 0.4) is 0 Å². The second kappa shape index (κ2) is 10.9. The first-order chi connectivity index (χ1) is 13.3. The van der Waals surface area contributed by atoms with Crippen molar-refractivity contribution in [2.24, 2.45) is 4.99 Å². The topological polar surface area (TPSA) is 42.9 Å². The molecule has 2 heterocycles. The predicted octanol–water partition coefficient (Wildman–Crippen LogP) is 2.67. The molecule has 0 spiro atoms. The summed E-state index contributed by atoms with van der Waals surface area (Å²) in [5.74, 6) is 0.903. The molecule has 0 atom stereocenters. The molecule has 1 aromatic carbocycles. The maximum absolute atomic E-state index is 4.31. The van der Waals surface area contributed by atoms with Crippen molar-refractivity contribution in [3.05, 3.63) is 52.7 Å². The van der Waals surface area contributed by atoms with Crippen LogP contribution in [0, 0.1) is 0 Å². The van der Waals surface area contributed by atoms with Gasteiger partial charge in [-0.3, -0.25) is 9.89 Å². The molecule has 0 radical (unpaired) electrons. The minimum absolute atomic E-state index is 0.903.